The Morgan fingerprint density at radius 2 is 1.87 bits per heavy atom. The number of benzene rings is 1. The van der Waals surface area contributed by atoms with Crippen LogP contribution >= 0.6 is 22.9 Å². The zero-order valence-corrected chi connectivity index (χ0v) is 17.7. The number of nitrogens with zero attached hydrogens (tertiary/aromatic N) is 4. The molecule has 3 heterocycles. The number of aryl methyl sites for hydroxylation is 1. The van der Waals surface area contributed by atoms with Crippen molar-refractivity contribution < 1.29 is 9.53 Å². The number of rotatable bonds is 5. The Kier molecular flexibility index (Phi) is 5.69. The zero-order valence-electron chi connectivity index (χ0n) is 16.1. The molecule has 0 radical (unpaired) electrons. The molecule has 0 saturated carbocycles. The maximum Gasteiger partial charge on any atom is 0.259 e. The van der Waals surface area contributed by atoms with Gasteiger partial charge in [0.25, 0.3) is 5.91 Å². The van der Waals surface area contributed by atoms with Gasteiger partial charge in [0.15, 0.2) is 0 Å². The van der Waals surface area contributed by atoms with Gasteiger partial charge in [-0.3, -0.25) is 15.1 Å². The molecule has 150 valence electrons. The lowest BCUT2D eigenvalue weighted by molar-refractivity contribution is 0.102. The molecular weight excluding hydrogens is 422 g/mol. The molecule has 4 aromatic rings. The fourth-order valence-electron chi connectivity index (χ4n) is 2.89. The van der Waals surface area contributed by atoms with Crippen molar-refractivity contribution in [3.63, 3.8) is 0 Å². The maximum absolute atomic E-state index is 13.0. The van der Waals surface area contributed by atoms with E-state index in [1.807, 2.05) is 37.3 Å². The number of amides is 1. The predicted molar refractivity (Wildman–Crippen MR) is 117 cm³/mol. The highest BCUT2D eigenvalue weighted by Gasteiger charge is 2.19. The molecule has 0 aliphatic rings. The van der Waals surface area contributed by atoms with Crippen LogP contribution in [-0.4, -0.2) is 33.2 Å². The molecular formula is C21H16ClN5O2S. The van der Waals surface area contributed by atoms with Crippen molar-refractivity contribution in [2.24, 2.45) is 0 Å². The van der Waals surface area contributed by atoms with Crippen LogP contribution in [0.4, 0.5) is 5.13 Å². The molecule has 0 spiro atoms. The predicted octanol–water partition coefficient (Wildman–Crippen LogP) is 4.88. The van der Waals surface area contributed by atoms with Crippen LogP contribution in [0.1, 0.15) is 16.1 Å². The number of aromatic nitrogens is 4. The molecule has 7 nitrogen and oxygen atoms in total. The fourth-order valence-corrected chi connectivity index (χ4v) is 3.79. The third-order valence-corrected chi connectivity index (χ3v) is 5.39. The third kappa shape index (κ3) is 4.14. The lowest BCUT2D eigenvalue weighted by Gasteiger charge is -2.13. The Labute approximate surface area is 181 Å². The monoisotopic (exact) mass is 437 g/mol. The third-order valence-electron chi connectivity index (χ3n) is 4.30. The van der Waals surface area contributed by atoms with Crippen molar-refractivity contribution >= 4 is 34.0 Å². The number of hydrogen-bond donors (Lipinski definition) is 1. The van der Waals surface area contributed by atoms with E-state index in [-0.39, 0.29) is 5.91 Å². The number of carbonyl (C=O) groups is 1. The summed E-state index contributed by atoms with van der Waals surface area (Å²) in [6.07, 6.45) is 3.04. The minimum absolute atomic E-state index is 0.295. The van der Waals surface area contributed by atoms with Crippen LogP contribution in [-0.2, 0) is 0 Å². The van der Waals surface area contributed by atoms with Gasteiger partial charge in [-0.1, -0.05) is 53.3 Å². The Morgan fingerprint density at radius 1 is 1.07 bits per heavy atom. The number of halogens is 1. The normalized spacial score (nSPS) is 10.6. The van der Waals surface area contributed by atoms with Crippen molar-refractivity contribution in [3.05, 3.63) is 71.3 Å². The van der Waals surface area contributed by atoms with Crippen LogP contribution in [0.3, 0.4) is 0 Å². The summed E-state index contributed by atoms with van der Waals surface area (Å²) in [5.74, 6) is 0.143. The SMILES string of the molecule is COc1cnc(Cl)cc1-c1cc(C)ncc1C(=O)Nc1nnc(-c2ccccc2)s1. The summed E-state index contributed by atoms with van der Waals surface area (Å²) in [7, 11) is 1.54. The van der Waals surface area contributed by atoms with E-state index in [9.17, 15) is 4.79 Å². The molecule has 1 N–H and O–H groups in total. The quantitative estimate of drug-likeness (QED) is 0.447. The second kappa shape index (κ2) is 8.56. The summed E-state index contributed by atoms with van der Waals surface area (Å²) in [6, 6.07) is 13.1. The summed E-state index contributed by atoms with van der Waals surface area (Å²) in [5, 5.41) is 12.5. The standard InChI is InChI=1S/C21H16ClN5O2S/c1-12-8-14(15-9-18(22)24-11-17(15)29-2)16(10-23-12)19(28)25-21-27-26-20(30-21)13-6-4-3-5-7-13/h3-11H,1-2H3,(H,25,27,28). The highest BCUT2D eigenvalue weighted by Crippen LogP contribution is 2.34. The Morgan fingerprint density at radius 3 is 2.63 bits per heavy atom. The van der Waals surface area contributed by atoms with Gasteiger partial charge in [0.05, 0.1) is 18.9 Å². The molecule has 30 heavy (non-hydrogen) atoms. The van der Waals surface area contributed by atoms with Crippen molar-refractivity contribution in [3.8, 4) is 27.4 Å². The molecule has 1 amide bonds. The van der Waals surface area contributed by atoms with Crippen LogP contribution in [0.25, 0.3) is 21.7 Å². The van der Waals surface area contributed by atoms with Crippen molar-refractivity contribution in [2.75, 3.05) is 12.4 Å². The molecule has 0 aliphatic carbocycles. The van der Waals surface area contributed by atoms with Crippen LogP contribution in [0, 0.1) is 6.92 Å². The molecule has 0 fully saturated rings. The van der Waals surface area contributed by atoms with Gasteiger partial charge < -0.3 is 4.74 Å². The largest absolute Gasteiger partial charge is 0.494 e. The van der Waals surface area contributed by atoms with Crippen molar-refractivity contribution in [1.82, 2.24) is 20.2 Å². The smallest absolute Gasteiger partial charge is 0.259 e. The zero-order chi connectivity index (χ0) is 21.1. The summed E-state index contributed by atoms with van der Waals surface area (Å²) in [6.45, 7) is 1.84. The first-order valence-corrected chi connectivity index (χ1v) is 10.1. The van der Waals surface area contributed by atoms with Crippen molar-refractivity contribution in [1.29, 1.82) is 0 Å². The van der Waals surface area contributed by atoms with Gasteiger partial charge in [0.1, 0.15) is 15.9 Å². The van der Waals surface area contributed by atoms with Crippen LogP contribution in [0.15, 0.2) is 54.9 Å². The van der Waals surface area contributed by atoms with E-state index in [0.29, 0.717) is 32.7 Å². The van der Waals surface area contributed by atoms with Gasteiger partial charge in [-0.15, -0.1) is 10.2 Å². The second-order valence-electron chi connectivity index (χ2n) is 6.31. The van der Waals surface area contributed by atoms with Gasteiger partial charge in [0, 0.05) is 28.6 Å². The van der Waals surface area contributed by atoms with Crippen molar-refractivity contribution in [2.45, 2.75) is 6.92 Å². The van der Waals surface area contributed by atoms with E-state index in [1.54, 1.807) is 12.1 Å². The number of carbonyl (C=O) groups excluding carboxylic acids is 1. The summed E-state index contributed by atoms with van der Waals surface area (Å²) >= 11 is 7.38. The number of methoxy groups -OCH3 is 1. The van der Waals surface area contributed by atoms with Crippen LogP contribution < -0.4 is 10.1 Å². The molecule has 4 rings (SSSR count). The average Bonchev–Trinajstić information content (AvgIpc) is 3.22. The lowest BCUT2D eigenvalue weighted by atomic mass is 10.0. The van der Waals surface area contributed by atoms with Gasteiger partial charge in [-0.25, -0.2) is 4.98 Å². The minimum atomic E-state index is -0.358. The molecule has 9 heteroatoms. The van der Waals surface area contributed by atoms with E-state index >= 15 is 0 Å². The number of pyridine rings is 2. The Bertz CT molecular complexity index is 1210. The number of hydrogen-bond acceptors (Lipinski definition) is 7. The van der Waals surface area contributed by atoms with Gasteiger partial charge in [0.2, 0.25) is 5.13 Å². The van der Waals surface area contributed by atoms with Gasteiger partial charge in [-0.2, -0.15) is 0 Å². The molecule has 3 aromatic heterocycles. The minimum Gasteiger partial charge on any atom is -0.494 e. The maximum atomic E-state index is 13.0. The molecule has 0 unspecified atom stereocenters. The second-order valence-corrected chi connectivity index (χ2v) is 7.68. The van der Waals surface area contributed by atoms with E-state index in [4.69, 9.17) is 16.3 Å². The molecule has 0 saturated heterocycles. The van der Waals surface area contributed by atoms with E-state index in [1.165, 1.54) is 30.8 Å². The first-order chi connectivity index (χ1) is 14.5. The summed E-state index contributed by atoms with van der Waals surface area (Å²) in [4.78, 5) is 21.4. The van der Waals surface area contributed by atoms with E-state index in [2.05, 4.69) is 25.5 Å². The van der Waals surface area contributed by atoms with E-state index in [0.717, 1.165) is 16.3 Å². The molecule has 1 aromatic carbocycles. The van der Waals surface area contributed by atoms with Crippen LogP contribution in [0.2, 0.25) is 5.15 Å². The first-order valence-electron chi connectivity index (χ1n) is 8.92. The number of ether oxygens (including phenoxy) is 1. The molecule has 0 atom stereocenters. The highest BCUT2D eigenvalue weighted by molar-refractivity contribution is 7.18. The van der Waals surface area contributed by atoms with Gasteiger partial charge >= 0.3 is 0 Å². The lowest BCUT2D eigenvalue weighted by Crippen LogP contribution is -2.14. The molecule has 0 bridgehead atoms. The summed E-state index contributed by atoms with van der Waals surface area (Å²) in [5.41, 5.74) is 3.32. The Balaban J connectivity index is 1.68. The highest BCUT2D eigenvalue weighted by atomic mass is 35.5. The van der Waals surface area contributed by atoms with E-state index < -0.39 is 0 Å². The fraction of sp³-hybridized carbons (Fsp3) is 0.0952. The topological polar surface area (TPSA) is 89.9 Å². The summed E-state index contributed by atoms with van der Waals surface area (Å²) < 4.78 is 5.41. The number of nitrogens with one attached hydrogen (secondary N) is 1. The van der Waals surface area contributed by atoms with Crippen LogP contribution in [0.5, 0.6) is 5.75 Å². The first kappa shape index (κ1) is 19.9. The average molecular weight is 438 g/mol. The molecule has 0 aliphatic heterocycles. The Hall–Kier alpha value is -3.36. The number of anilines is 1. The van der Waals surface area contributed by atoms with Gasteiger partial charge in [-0.05, 0) is 19.1 Å².